The van der Waals surface area contributed by atoms with Gasteiger partial charge in [-0.05, 0) is 42.3 Å². The molecular formula is C22H27N5O2. The summed E-state index contributed by atoms with van der Waals surface area (Å²) < 4.78 is 0. The van der Waals surface area contributed by atoms with Crippen molar-refractivity contribution in [2.24, 2.45) is 4.99 Å². The topological polar surface area (TPSA) is 85.4 Å². The van der Waals surface area contributed by atoms with E-state index in [4.69, 9.17) is 5.73 Å². The first-order valence-corrected chi connectivity index (χ1v) is 10.0. The van der Waals surface area contributed by atoms with Crippen LogP contribution in [0.1, 0.15) is 5.56 Å². The molecule has 0 aromatic heterocycles. The van der Waals surface area contributed by atoms with Crippen molar-refractivity contribution in [1.29, 1.82) is 0 Å². The number of piperazine rings is 1. The van der Waals surface area contributed by atoms with Crippen LogP contribution in [0.4, 0.5) is 17.1 Å². The maximum Gasteiger partial charge on any atom is 0.241 e. The number of aromatic hydroxyl groups is 1. The number of benzene rings is 2. The van der Waals surface area contributed by atoms with E-state index < -0.39 is 0 Å². The third-order valence-corrected chi connectivity index (χ3v) is 5.59. The number of carbonyl (C=O) groups is 1. The van der Waals surface area contributed by atoms with Gasteiger partial charge in [-0.2, -0.15) is 0 Å². The van der Waals surface area contributed by atoms with Gasteiger partial charge in [-0.1, -0.05) is 12.1 Å². The SMILES string of the molecule is Nc1ccccc1/N=C/CN1CCN(CC(=O)N2CCc3cc(O)ccc32)CC1. The molecule has 7 nitrogen and oxygen atoms in total. The molecule has 1 amide bonds. The van der Waals surface area contributed by atoms with E-state index in [1.807, 2.05) is 41.4 Å². The molecule has 0 bridgehead atoms. The van der Waals surface area contributed by atoms with E-state index in [0.29, 0.717) is 18.8 Å². The standard InChI is InChI=1S/C22H27N5O2/c23-19-3-1-2-4-20(19)24-8-10-25-11-13-26(14-12-25)16-22(29)27-9-7-17-15-18(28)5-6-21(17)27/h1-6,8,15,28H,7,9-14,16,23H2/b24-8+. The number of amides is 1. The second kappa shape index (κ2) is 8.63. The highest BCUT2D eigenvalue weighted by Crippen LogP contribution is 2.31. The number of hydrogen-bond donors (Lipinski definition) is 2. The van der Waals surface area contributed by atoms with Crippen LogP contribution in [0.3, 0.4) is 0 Å². The van der Waals surface area contributed by atoms with Crippen LogP contribution >= 0.6 is 0 Å². The van der Waals surface area contributed by atoms with Crippen molar-refractivity contribution in [3.8, 4) is 5.75 Å². The summed E-state index contributed by atoms with van der Waals surface area (Å²) in [6, 6.07) is 12.8. The van der Waals surface area contributed by atoms with Crippen molar-refractivity contribution in [2.45, 2.75) is 6.42 Å². The van der Waals surface area contributed by atoms with E-state index in [1.165, 1.54) is 0 Å². The second-order valence-electron chi connectivity index (χ2n) is 7.56. The molecule has 3 N–H and O–H groups in total. The van der Waals surface area contributed by atoms with Crippen LogP contribution in [0.2, 0.25) is 0 Å². The van der Waals surface area contributed by atoms with Crippen LogP contribution in [0.15, 0.2) is 47.5 Å². The summed E-state index contributed by atoms with van der Waals surface area (Å²) >= 11 is 0. The number of anilines is 2. The van der Waals surface area contributed by atoms with Crippen LogP contribution < -0.4 is 10.6 Å². The first kappa shape index (κ1) is 19.4. The van der Waals surface area contributed by atoms with Crippen molar-refractivity contribution in [3.05, 3.63) is 48.0 Å². The minimum Gasteiger partial charge on any atom is -0.508 e. The molecule has 2 aromatic rings. The average Bonchev–Trinajstić information content (AvgIpc) is 3.14. The molecule has 2 aliphatic rings. The van der Waals surface area contributed by atoms with E-state index in [0.717, 1.165) is 56.1 Å². The number of phenolic OH excluding ortho intramolecular Hbond substituents is 1. The van der Waals surface area contributed by atoms with Crippen LogP contribution in [0.5, 0.6) is 5.75 Å². The Morgan fingerprint density at radius 2 is 1.83 bits per heavy atom. The Morgan fingerprint density at radius 3 is 2.62 bits per heavy atom. The molecule has 4 rings (SSSR count). The highest BCUT2D eigenvalue weighted by molar-refractivity contribution is 5.96. The van der Waals surface area contributed by atoms with Crippen molar-refractivity contribution in [2.75, 3.05) is 56.4 Å². The van der Waals surface area contributed by atoms with Gasteiger partial charge in [-0.3, -0.25) is 19.6 Å². The second-order valence-corrected chi connectivity index (χ2v) is 7.56. The predicted octanol–water partition coefficient (Wildman–Crippen LogP) is 1.88. The summed E-state index contributed by atoms with van der Waals surface area (Å²) in [6.45, 7) is 5.45. The zero-order chi connectivity index (χ0) is 20.2. The number of carbonyl (C=O) groups excluding carboxylic acids is 1. The van der Waals surface area contributed by atoms with Gasteiger partial charge >= 0.3 is 0 Å². The van der Waals surface area contributed by atoms with Crippen molar-refractivity contribution < 1.29 is 9.90 Å². The maximum atomic E-state index is 12.8. The average molecular weight is 393 g/mol. The van der Waals surface area contributed by atoms with Gasteiger partial charge in [-0.15, -0.1) is 0 Å². The Bertz CT molecular complexity index is 906. The van der Waals surface area contributed by atoms with Gasteiger partial charge < -0.3 is 15.7 Å². The molecule has 1 saturated heterocycles. The van der Waals surface area contributed by atoms with Crippen LogP contribution in [0, 0.1) is 0 Å². The zero-order valence-corrected chi connectivity index (χ0v) is 16.5. The van der Waals surface area contributed by atoms with E-state index in [1.54, 1.807) is 12.1 Å². The number of rotatable bonds is 5. The van der Waals surface area contributed by atoms with E-state index in [2.05, 4.69) is 14.8 Å². The van der Waals surface area contributed by atoms with Crippen molar-refractivity contribution in [1.82, 2.24) is 9.80 Å². The van der Waals surface area contributed by atoms with Gasteiger partial charge in [-0.25, -0.2) is 0 Å². The third-order valence-electron chi connectivity index (χ3n) is 5.59. The smallest absolute Gasteiger partial charge is 0.241 e. The number of nitrogen functional groups attached to an aromatic ring is 1. The predicted molar refractivity (Wildman–Crippen MR) is 116 cm³/mol. The molecule has 0 atom stereocenters. The lowest BCUT2D eigenvalue weighted by molar-refractivity contribution is -0.120. The molecule has 0 unspecified atom stereocenters. The van der Waals surface area contributed by atoms with Crippen LogP contribution in [0.25, 0.3) is 0 Å². The summed E-state index contributed by atoms with van der Waals surface area (Å²) in [4.78, 5) is 23.6. The fourth-order valence-corrected chi connectivity index (χ4v) is 3.91. The van der Waals surface area contributed by atoms with Gasteiger partial charge in [0, 0.05) is 51.2 Å². The fourth-order valence-electron chi connectivity index (χ4n) is 3.91. The lowest BCUT2D eigenvalue weighted by atomic mass is 10.1. The molecule has 29 heavy (non-hydrogen) atoms. The van der Waals surface area contributed by atoms with E-state index in [9.17, 15) is 9.90 Å². The van der Waals surface area contributed by atoms with Gasteiger partial charge in [0.15, 0.2) is 0 Å². The van der Waals surface area contributed by atoms with Crippen LogP contribution in [-0.2, 0) is 11.2 Å². The van der Waals surface area contributed by atoms with E-state index >= 15 is 0 Å². The molecule has 2 aromatic carbocycles. The first-order chi connectivity index (χ1) is 14.1. The minimum absolute atomic E-state index is 0.129. The molecule has 2 heterocycles. The fraction of sp³-hybridized carbons (Fsp3) is 0.364. The van der Waals surface area contributed by atoms with Crippen LogP contribution in [-0.4, -0.2) is 72.8 Å². The number of para-hydroxylation sites is 2. The van der Waals surface area contributed by atoms with Crippen molar-refractivity contribution in [3.63, 3.8) is 0 Å². The number of hydrogen-bond acceptors (Lipinski definition) is 6. The Morgan fingerprint density at radius 1 is 1.07 bits per heavy atom. The molecule has 0 radical (unpaired) electrons. The van der Waals surface area contributed by atoms with Gasteiger partial charge in [0.2, 0.25) is 5.91 Å². The van der Waals surface area contributed by atoms with Gasteiger partial charge in [0.1, 0.15) is 5.75 Å². The zero-order valence-electron chi connectivity index (χ0n) is 16.5. The molecule has 2 aliphatic heterocycles. The monoisotopic (exact) mass is 393 g/mol. The molecule has 0 saturated carbocycles. The first-order valence-electron chi connectivity index (χ1n) is 10.0. The van der Waals surface area contributed by atoms with E-state index in [-0.39, 0.29) is 11.7 Å². The number of phenols is 1. The lowest BCUT2D eigenvalue weighted by Crippen LogP contribution is -2.50. The summed E-state index contributed by atoms with van der Waals surface area (Å²) in [5.41, 5.74) is 9.37. The van der Waals surface area contributed by atoms with Gasteiger partial charge in [0.25, 0.3) is 0 Å². The number of nitrogens with zero attached hydrogens (tertiary/aromatic N) is 4. The molecule has 0 spiro atoms. The molecule has 0 aliphatic carbocycles. The highest BCUT2D eigenvalue weighted by atomic mass is 16.3. The summed E-state index contributed by atoms with van der Waals surface area (Å²) in [6.07, 6.45) is 2.71. The van der Waals surface area contributed by atoms with Gasteiger partial charge in [0.05, 0.1) is 17.9 Å². The highest BCUT2D eigenvalue weighted by Gasteiger charge is 2.27. The summed E-state index contributed by atoms with van der Waals surface area (Å²) in [5.74, 6) is 0.386. The molecular weight excluding hydrogens is 366 g/mol. The Kier molecular flexibility index (Phi) is 5.78. The quantitative estimate of drug-likeness (QED) is 0.599. The number of fused-ring (bicyclic) bond motifs is 1. The summed E-state index contributed by atoms with van der Waals surface area (Å²) in [5, 5.41) is 9.62. The Balaban J connectivity index is 1.24. The normalized spacial score (nSPS) is 17.7. The Hall–Kier alpha value is -2.90. The Labute approximate surface area is 171 Å². The molecule has 152 valence electrons. The minimum atomic E-state index is 0.129. The molecule has 1 fully saturated rings. The number of aliphatic imine (C=N–C) groups is 1. The lowest BCUT2D eigenvalue weighted by Gasteiger charge is -2.34. The maximum absolute atomic E-state index is 12.8. The summed E-state index contributed by atoms with van der Waals surface area (Å²) in [7, 11) is 0. The third kappa shape index (κ3) is 4.58. The number of nitrogens with two attached hydrogens (primary N) is 1. The van der Waals surface area contributed by atoms with Crippen molar-refractivity contribution >= 4 is 29.2 Å². The largest absolute Gasteiger partial charge is 0.508 e. The molecule has 7 heteroatoms.